The molecule has 2 aromatic heterocycles. The number of halogens is 1. The number of rotatable bonds is 3. The van der Waals surface area contributed by atoms with E-state index in [9.17, 15) is 0 Å². The second-order valence-corrected chi connectivity index (χ2v) is 6.05. The number of nitrogens with zero attached hydrogens (tertiary/aromatic N) is 5. The molecule has 0 aliphatic heterocycles. The minimum absolute atomic E-state index is 0.449. The molecule has 0 bridgehead atoms. The zero-order chi connectivity index (χ0) is 12.4. The molecule has 0 spiro atoms. The molecular weight excluding hydrogens is 314 g/mol. The van der Waals surface area contributed by atoms with Crippen LogP contribution in [0.15, 0.2) is 33.0 Å². The first-order chi connectivity index (χ1) is 8.84. The van der Waals surface area contributed by atoms with Crippen molar-refractivity contribution in [2.24, 2.45) is 0 Å². The Bertz CT molecular complexity index is 538. The number of hydrogen-bond donors (Lipinski definition) is 0. The molecule has 0 unspecified atom stereocenters. The lowest BCUT2D eigenvalue weighted by molar-refractivity contribution is 0.423. The van der Waals surface area contributed by atoms with Crippen molar-refractivity contribution >= 4 is 27.7 Å². The lowest BCUT2D eigenvalue weighted by Gasteiger charge is -2.10. The Balaban J connectivity index is 1.85. The maximum Gasteiger partial charge on any atom is 0.215 e. The fraction of sp³-hybridized carbons (Fsp3) is 0.455. The third-order valence-electron chi connectivity index (χ3n) is 3.05. The fourth-order valence-electron chi connectivity index (χ4n) is 2.16. The summed E-state index contributed by atoms with van der Waals surface area (Å²) in [7, 11) is 0. The van der Waals surface area contributed by atoms with Crippen LogP contribution in [0.5, 0.6) is 0 Å². The van der Waals surface area contributed by atoms with Crippen molar-refractivity contribution in [2.75, 3.05) is 0 Å². The summed E-state index contributed by atoms with van der Waals surface area (Å²) in [6.07, 6.45) is 6.64. The van der Waals surface area contributed by atoms with Gasteiger partial charge in [0.15, 0.2) is 0 Å². The Hall–Kier alpha value is -0.950. The van der Waals surface area contributed by atoms with Crippen LogP contribution in [0.1, 0.15) is 31.7 Å². The van der Waals surface area contributed by atoms with E-state index in [0.717, 1.165) is 14.7 Å². The Morgan fingerprint density at radius 3 is 2.94 bits per heavy atom. The highest BCUT2D eigenvalue weighted by molar-refractivity contribution is 9.10. The van der Waals surface area contributed by atoms with Crippen LogP contribution in [0, 0.1) is 0 Å². The highest BCUT2D eigenvalue weighted by Crippen LogP contribution is 2.35. The third kappa shape index (κ3) is 2.42. The minimum atomic E-state index is 0.449. The van der Waals surface area contributed by atoms with Crippen molar-refractivity contribution in [3.05, 3.63) is 22.8 Å². The van der Waals surface area contributed by atoms with Crippen molar-refractivity contribution in [1.82, 2.24) is 25.2 Å². The predicted molar refractivity (Wildman–Crippen MR) is 71.4 cm³/mol. The van der Waals surface area contributed by atoms with Gasteiger partial charge in [-0.1, -0.05) is 12.8 Å². The maximum absolute atomic E-state index is 4.33. The first-order valence-corrected chi connectivity index (χ1v) is 7.52. The van der Waals surface area contributed by atoms with Gasteiger partial charge in [-0.15, -0.1) is 5.10 Å². The van der Waals surface area contributed by atoms with Crippen LogP contribution >= 0.6 is 27.7 Å². The van der Waals surface area contributed by atoms with Gasteiger partial charge in [-0.25, -0.2) is 9.67 Å². The molecule has 0 amide bonds. The Kier molecular flexibility index (Phi) is 3.60. The van der Waals surface area contributed by atoms with Gasteiger partial charge < -0.3 is 0 Å². The molecule has 0 saturated heterocycles. The van der Waals surface area contributed by atoms with E-state index in [4.69, 9.17) is 0 Å². The zero-order valence-electron chi connectivity index (χ0n) is 9.66. The van der Waals surface area contributed by atoms with E-state index in [0.29, 0.717) is 6.04 Å². The van der Waals surface area contributed by atoms with Gasteiger partial charge in [-0.3, -0.25) is 0 Å². The minimum Gasteiger partial charge on any atom is -0.248 e. The van der Waals surface area contributed by atoms with Crippen LogP contribution in [0.25, 0.3) is 0 Å². The van der Waals surface area contributed by atoms with Gasteiger partial charge in [-0.05, 0) is 63.1 Å². The first-order valence-electron chi connectivity index (χ1n) is 5.91. The molecule has 1 aliphatic rings. The highest BCUT2D eigenvalue weighted by Gasteiger charge is 2.22. The summed E-state index contributed by atoms with van der Waals surface area (Å²) in [5, 5.41) is 13.7. The van der Waals surface area contributed by atoms with Crippen LogP contribution in [-0.2, 0) is 0 Å². The predicted octanol–water partition coefficient (Wildman–Crippen LogP) is 3.10. The maximum atomic E-state index is 4.33. The lowest BCUT2D eigenvalue weighted by atomic mass is 10.3. The average Bonchev–Trinajstić information content (AvgIpc) is 3.02. The molecule has 0 radical (unpaired) electrons. The molecule has 0 aromatic carbocycles. The van der Waals surface area contributed by atoms with E-state index in [1.807, 2.05) is 16.8 Å². The van der Waals surface area contributed by atoms with Gasteiger partial charge in [0.25, 0.3) is 0 Å². The number of pyridine rings is 1. The van der Waals surface area contributed by atoms with Crippen molar-refractivity contribution in [3.8, 4) is 0 Å². The molecule has 0 N–H and O–H groups in total. The number of aromatic nitrogens is 5. The molecule has 5 nitrogen and oxygen atoms in total. The molecule has 0 atom stereocenters. The van der Waals surface area contributed by atoms with Gasteiger partial charge in [0.05, 0.1) is 10.5 Å². The summed E-state index contributed by atoms with van der Waals surface area (Å²) in [6, 6.07) is 4.32. The smallest absolute Gasteiger partial charge is 0.215 e. The molecule has 7 heteroatoms. The molecule has 2 aromatic rings. The average molecular weight is 326 g/mol. The van der Waals surface area contributed by atoms with Gasteiger partial charge in [0, 0.05) is 6.20 Å². The molecule has 2 heterocycles. The van der Waals surface area contributed by atoms with Crippen molar-refractivity contribution < 1.29 is 0 Å². The monoisotopic (exact) mass is 325 g/mol. The Morgan fingerprint density at radius 1 is 1.33 bits per heavy atom. The molecule has 3 rings (SSSR count). The van der Waals surface area contributed by atoms with Crippen LogP contribution in [0.3, 0.4) is 0 Å². The van der Waals surface area contributed by atoms with Gasteiger partial charge in [0.1, 0.15) is 5.03 Å². The number of hydrogen-bond acceptors (Lipinski definition) is 5. The highest BCUT2D eigenvalue weighted by atomic mass is 79.9. The van der Waals surface area contributed by atoms with E-state index in [1.165, 1.54) is 37.4 Å². The third-order valence-corrected chi connectivity index (χ3v) is 4.92. The SMILES string of the molecule is Brc1cccnc1Sc1nnnn1C1CCCC1. The largest absolute Gasteiger partial charge is 0.248 e. The van der Waals surface area contributed by atoms with Crippen molar-refractivity contribution in [1.29, 1.82) is 0 Å². The van der Waals surface area contributed by atoms with Crippen LogP contribution < -0.4 is 0 Å². The van der Waals surface area contributed by atoms with E-state index in [1.54, 1.807) is 6.20 Å². The summed E-state index contributed by atoms with van der Waals surface area (Å²) in [5.74, 6) is 0. The second kappa shape index (κ2) is 5.36. The molecule has 94 valence electrons. The van der Waals surface area contributed by atoms with Crippen LogP contribution in [-0.4, -0.2) is 25.2 Å². The summed E-state index contributed by atoms with van der Waals surface area (Å²) in [5.41, 5.74) is 0. The van der Waals surface area contributed by atoms with E-state index in [-0.39, 0.29) is 0 Å². The normalized spacial score (nSPS) is 16.3. The molecule has 18 heavy (non-hydrogen) atoms. The Morgan fingerprint density at radius 2 is 2.17 bits per heavy atom. The van der Waals surface area contributed by atoms with Crippen molar-refractivity contribution in [2.45, 2.75) is 41.9 Å². The van der Waals surface area contributed by atoms with Crippen LogP contribution in [0.2, 0.25) is 0 Å². The molecule has 1 fully saturated rings. The summed E-state index contributed by atoms with van der Waals surface area (Å²) >= 11 is 4.99. The van der Waals surface area contributed by atoms with E-state index < -0.39 is 0 Å². The Labute approximate surface area is 118 Å². The quantitative estimate of drug-likeness (QED) is 0.867. The summed E-state index contributed by atoms with van der Waals surface area (Å²) < 4.78 is 2.91. The van der Waals surface area contributed by atoms with E-state index in [2.05, 4.69) is 36.4 Å². The molecule has 1 aliphatic carbocycles. The number of tetrazole rings is 1. The standard InChI is InChI=1S/C11H12BrN5S/c12-9-6-3-7-13-10(9)18-11-14-15-16-17(11)8-4-1-2-5-8/h3,6-8H,1-2,4-5H2. The lowest BCUT2D eigenvalue weighted by Crippen LogP contribution is -2.08. The zero-order valence-corrected chi connectivity index (χ0v) is 12.1. The fourth-order valence-corrected chi connectivity index (χ4v) is 3.47. The van der Waals surface area contributed by atoms with Crippen LogP contribution in [0.4, 0.5) is 0 Å². The van der Waals surface area contributed by atoms with E-state index >= 15 is 0 Å². The summed E-state index contributed by atoms with van der Waals surface area (Å²) in [4.78, 5) is 4.33. The summed E-state index contributed by atoms with van der Waals surface area (Å²) in [6.45, 7) is 0. The second-order valence-electron chi connectivity index (χ2n) is 4.24. The molecular formula is C11H12BrN5S. The van der Waals surface area contributed by atoms with Gasteiger partial charge in [0.2, 0.25) is 5.16 Å². The first kappa shape index (κ1) is 12.1. The molecule has 1 saturated carbocycles. The van der Waals surface area contributed by atoms with Crippen molar-refractivity contribution in [3.63, 3.8) is 0 Å². The topological polar surface area (TPSA) is 56.5 Å². The van der Waals surface area contributed by atoms with Gasteiger partial charge in [-0.2, -0.15) is 0 Å². The van der Waals surface area contributed by atoms with Gasteiger partial charge >= 0.3 is 0 Å².